The van der Waals surface area contributed by atoms with E-state index in [-0.39, 0.29) is 5.91 Å². The third-order valence-electron chi connectivity index (χ3n) is 5.95. The third kappa shape index (κ3) is 4.17. The number of ether oxygens (including phenoxy) is 2. The maximum atomic E-state index is 12.9. The average Bonchev–Trinajstić information content (AvgIpc) is 3.28. The van der Waals surface area contributed by atoms with Gasteiger partial charge in [0.05, 0.1) is 18.9 Å². The van der Waals surface area contributed by atoms with Crippen molar-refractivity contribution in [3.05, 3.63) is 54.1 Å². The summed E-state index contributed by atoms with van der Waals surface area (Å²) in [6, 6.07) is 16.0. The highest BCUT2D eigenvalue weighted by Gasteiger charge is 2.25. The summed E-state index contributed by atoms with van der Waals surface area (Å²) in [5.41, 5.74) is 3.00. The molecular weight excluding hydrogens is 366 g/mol. The van der Waals surface area contributed by atoms with Crippen molar-refractivity contribution in [3.8, 4) is 5.75 Å². The zero-order chi connectivity index (χ0) is 20.2. The van der Waals surface area contributed by atoms with E-state index >= 15 is 0 Å². The van der Waals surface area contributed by atoms with E-state index in [4.69, 9.17) is 9.47 Å². The molecule has 6 nitrogen and oxygen atoms in total. The second-order valence-electron chi connectivity index (χ2n) is 7.59. The summed E-state index contributed by atoms with van der Waals surface area (Å²) in [6.45, 7) is 4.93. The Kier molecular flexibility index (Phi) is 5.90. The quantitative estimate of drug-likeness (QED) is 0.779. The molecule has 2 aliphatic heterocycles. The number of hydrogen-bond acceptors (Lipinski definition) is 5. The summed E-state index contributed by atoms with van der Waals surface area (Å²) in [7, 11) is 3.46. The van der Waals surface area contributed by atoms with Crippen LogP contribution in [0.1, 0.15) is 16.8 Å². The van der Waals surface area contributed by atoms with Gasteiger partial charge < -0.3 is 24.2 Å². The van der Waals surface area contributed by atoms with Crippen molar-refractivity contribution in [1.82, 2.24) is 4.90 Å². The lowest BCUT2D eigenvalue weighted by Crippen LogP contribution is -2.48. The van der Waals surface area contributed by atoms with Gasteiger partial charge in [0.1, 0.15) is 5.75 Å². The lowest BCUT2D eigenvalue weighted by atomic mass is 10.1. The lowest BCUT2D eigenvalue weighted by Gasteiger charge is -2.36. The van der Waals surface area contributed by atoms with Gasteiger partial charge in [-0.1, -0.05) is 12.1 Å². The molecule has 4 rings (SSSR count). The Morgan fingerprint density at radius 3 is 2.28 bits per heavy atom. The molecule has 2 heterocycles. The lowest BCUT2D eigenvalue weighted by molar-refractivity contribution is 0.0746. The number of carbonyl (C=O) groups is 1. The highest BCUT2D eigenvalue weighted by Crippen LogP contribution is 2.28. The standard InChI is InChI=1S/C23H29N3O3/c1-28-20-11-12-26(17-20)19-9-7-18(8-10-19)23(27)25-15-13-24(14-16-25)21-5-3-4-6-22(21)29-2/h3-10,20H,11-17H2,1-2H3/t20-/m1/s1. The summed E-state index contributed by atoms with van der Waals surface area (Å²) in [5, 5.41) is 0. The van der Waals surface area contributed by atoms with Gasteiger partial charge in [-0.2, -0.15) is 0 Å². The van der Waals surface area contributed by atoms with Crippen molar-refractivity contribution in [3.63, 3.8) is 0 Å². The molecular formula is C23H29N3O3. The van der Waals surface area contributed by atoms with Gasteiger partial charge in [0, 0.05) is 57.6 Å². The number of nitrogens with zero attached hydrogens (tertiary/aromatic N) is 3. The van der Waals surface area contributed by atoms with Crippen LogP contribution in [0.4, 0.5) is 11.4 Å². The van der Waals surface area contributed by atoms with Gasteiger partial charge in [0.2, 0.25) is 0 Å². The van der Waals surface area contributed by atoms with Gasteiger partial charge >= 0.3 is 0 Å². The molecule has 154 valence electrons. The number of hydrogen-bond donors (Lipinski definition) is 0. The summed E-state index contributed by atoms with van der Waals surface area (Å²) >= 11 is 0. The minimum absolute atomic E-state index is 0.104. The number of amides is 1. The van der Waals surface area contributed by atoms with Crippen LogP contribution in [-0.4, -0.2) is 70.4 Å². The summed E-state index contributed by atoms with van der Waals surface area (Å²) in [5.74, 6) is 0.980. The highest BCUT2D eigenvalue weighted by atomic mass is 16.5. The first-order valence-corrected chi connectivity index (χ1v) is 10.2. The summed E-state index contributed by atoms with van der Waals surface area (Å²) in [4.78, 5) is 19.5. The van der Waals surface area contributed by atoms with E-state index in [1.807, 2.05) is 35.2 Å². The van der Waals surface area contributed by atoms with Gasteiger partial charge in [-0.25, -0.2) is 0 Å². The van der Waals surface area contributed by atoms with E-state index in [2.05, 4.69) is 28.0 Å². The van der Waals surface area contributed by atoms with Crippen molar-refractivity contribution >= 4 is 17.3 Å². The number of benzene rings is 2. The molecule has 0 spiro atoms. The highest BCUT2D eigenvalue weighted by molar-refractivity contribution is 5.94. The largest absolute Gasteiger partial charge is 0.495 e. The molecule has 2 saturated heterocycles. The molecule has 0 bridgehead atoms. The van der Waals surface area contributed by atoms with Crippen LogP contribution < -0.4 is 14.5 Å². The third-order valence-corrected chi connectivity index (χ3v) is 5.95. The van der Waals surface area contributed by atoms with Crippen LogP contribution in [0.25, 0.3) is 0 Å². The molecule has 2 aromatic rings. The van der Waals surface area contributed by atoms with Crippen LogP contribution >= 0.6 is 0 Å². The van der Waals surface area contributed by atoms with E-state index in [9.17, 15) is 4.79 Å². The molecule has 0 unspecified atom stereocenters. The van der Waals surface area contributed by atoms with E-state index < -0.39 is 0 Å². The molecule has 1 amide bonds. The predicted octanol–water partition coefficient (Wildman–Crippen LogP) is 2.88. The maximum Gasteiger partial charge on any atom is 0.253 e. The number of carbonyl (C=O) groups excluding carboxylic acids is 1. The van der Waals surface area contributed by atoms with E-state index in [0.29, 0.717) is 19.2 Å². The van der Waals surface area contributed by atoms with Crippen molar-refractivity contribution in [2.24, 2.45) is 0 Å². The molecule has 0 saturated carbocycles. The number of para-hydroxylation sites is 2. The summed E-state index contributed by atoms with van der Waals surface area (Å²) in [6.07, 6.45) is 1.35. The first-order valence-electron chi connectivity index (χ1n) is 10.2. The molecule has 0 aromatic heterocycles. The van der Waals surface area contributed by atoms with Crippen molar-refractivity contribution in [2.75, 3.05) is 63.3 Å². The zero-order valence-electron chi connectivity index (χ0n) is 17.2. The molecule has 1 atom stereocenters. The number of methoxy groups -OCH3 is 2. The monoisotopic (exact) mass is 395 g/mol. The van der Waals surface area contributed by atoms with E-state index in [1.165, 1.54) is 0 Å². The van der Waals surface area contributed by atoms with E-state index in [1.54, 1.807) is 14.2 Å². The molecule has 2 aliphatic rings. The molecule has 2 aromatic carbocycles. The molecule has 0 radical (unpaired) electrons. The predicted molar refractivity (Wildman–Crippen MR) is 115 cm³/mol. The van der Waals surface area contributed by atoms with Gasteiger partial charge in [0.25, 0.3) is 5.91 Å². The van der Waals surface area contributed by atoms with Gasteiger partial charge in [-0.15, -0.1) is 0 Å². The second kappa shape index (κ2) is 8.74. The van der Waals surface area contributed by atoms with Crippen LogP contribution in [0.5, 0.6) is 5.75 Å². The van der Waals surface area contributed by atoms with Crippen LogP contribution in [0, 0.1) is 0 Å². The SMILES string of the molecule is COc1ccccc1N1CCN(C(=O)c2ccc(N3CC[C@@H](OC)C3)cc2)CC1. The zero-order valence-corrected chi connectivity index (χ0v) is 17.2. The van der Waals surface area contributed by atoms with Crippen molar-refractivity contribution in [1.29, 1.82) is 0 Å². The first-order chi connectivity index (χ1) is 14.2. The Balaban J connectivity index is 1.36. The normalized spacial score (nSPS) is 19.5. The van der Waals surface area contributed by atoms with Gasteiger partial charge in [-0.3, -0.25) is 4.79 Å². The second-order valence-corrected chi connectivity index (χ2v) is 7.59. The van der Waals surface area contributed by atoms with Crippen LogP contribution in [0.3, 0.4) is 0 Å². The fourth-order valence-electron chi connectivity index (χ4n) is 4.19. The Hall–Kier alpha value is -2.73. The molecule has 0 N–H and O–H groups in total. The van der Waals surface area contributed by atoms with Crippen LogP contribution in [-0.2, 0) is 4.74 Å². The minimum Gasteiger partial charge on any atom is -0.495 e. The smallest absolute Gasteiger partial charge is 0.253 e. The summed E-state index contributed by atoms with van der Waals surface area (Å²) < 4.78 is 10.9. The van der Waals surface area contributed by atoms with Crippen LogP contribution in [0.2, 0.25) is 0 Å². The molecule has 0 aliphatic carbocycles. The Morgan fingerprint density at radius 2 is 1.62 bits per heavy atom. The minimum atomic E-state index is 0.104. The Bertz CT molecular complexity index is 832. The van der Waals surface area contributed by atoms with Crippen molar-refractivity contribution in [2.45, 2.75) is 12.5 Å². The van der Waals surface area contributed by atoms with Crippen LogP contribution in [0.15, 0.2) is 48.5 Å². The number of anilines is 2. The first kappa shape index (κ1) is 19.6. The Labute approximate surface area is 172 Å². The van der Waals surface area contributed by atoms with Gasteiger partial charge in [0.15, 0.2) is 0 Å². The molecule has 6 heteroatoms. The fourth-order valence-corrected chi connectivity index (χ4v) is 4.19. The molecule has 29 heavy (non-hydrogen) atoms. The average molecular weight is 396 g/mol. The fraction of sp³-hybridized carbons (Fsp3) is 0.435. The molecule has 2 fully saturated rings. The number of rotatable bonds is 5. The van der Waals surface area contributed by atoms with Gasteiger partial charge in [-0.05, 0) is 42.8 Å². The maximum absolute atomic E-state index is 12.9. The number of piperazine rings is 1. The van der Waals surface area contributed by atoms with Crippen molar-refractivity contribution < 1.29 is 14.3 Å². The van der Waals surface area contributed by atoms with E-state index in [0.717, 1.165) is 55.3 Å². The Morgan fingerprint density at radius 1 is 0.897 bits per heavy atom. The topological polar surface area (TPSA) is 45.2 Å².